The number of nitrogens with one attached hydrogen (secondary N) is 2. The Labute approximate surface area is 177 Å². The van der Waals surface area contributed by atoms with E-state index in [9.17, 15) is 0 Å². The number of fused-ring (bicyclic) bond motifs is 1. The summed E-state index contributed by atoms with van der Waals surface area (Å²) < 4.78 is 13.8. The minimum Gasteiger partial charge on any atom is -0.494 e. The highest BCUT2D eigenvalue weighted by atomic mass is 16.5. The Hall–Kier alpha value is -3.06. The highest BCUT2D eigenvalue weighted by molar-refractivity contribution is 5.65. The van der Waals surface area contributed by atoms with E-state index in [0.29, 0.717) is 12.5 Å². The van der Waals surface area contributed by atoms with Gasteiger partial charge < -0.3 is 20.1 Å². The molecule has 0 radical (unpaired) electrons. The third kappa shape index (κ3) is 4.26. The average Bonchev–Trinajstić information content (AvgIpc) is 3.22. The molecule has 0 amide bonds. The van der Waals surface area contributed by atoms with Crippen molar-refractivity contribution >= 4 is 17.2 Å². The summed E-state index contributed by atoms with van der Waals surface area (Å²) in [5.74, 6) is 2.32. The maximum absolute atomic E-state index is 6.42. The van der Waals surface area contributed by atoms with Gasteiger partial charge in [0.15, 0.2) is 5.65 Å². The molecule has 1 aliphatic rings. The van der Waals surface area contributed by atoms with Crippen molar-refractivity contribution in [3.8, 4) is 11.6 Å². The van der Waals surface area contributed by atoms with Gasteiger partial charge in [-0.2, -0.15) is 14.6 Å². The second-order valence-electron chi connectivity index (χ2n) is 7.32. The van der Waals surface area contributed by atoms with Gasteiger partial charge in [0.25, 0.3) is 0 Å². The zero-order valence-electron chi connectivity index (χ0n) is 17.8. The van der Waals surface area contributed by atoms with Crippen LogP contribution in [0.3, 0.4) is 0 Å². The smallest absolute Gasteiger partial charge is 0.222 e. The van der Waals surface area contributed by atoms with Crippen LogP contribution in [0.4, 0.5) is 11.5 Å². The lowest BCUT2D eigenvalue weighted by Gasteiger charge is -2.28. The van der Waals surface area contributed by atoms with Crippen LogP contribution in [0.5, 0.6) is 11.6 Å². The van der Waals surface area contributed by atoms with Crippen LogP contribution in [0.15, 0.2) is 48.2 Å². The van der Waals surface area contributed by atoms with Crippen molar-refractivity contribution in [1.82, 2.24) is 19.9 Å². The van der Waals surface area contributed by atoms with Crippen molar-refractivity contribution in [3.05, 3.63) is 53.7 Å². The molecule has 1 fully saturated rings. The predicted octanol–water partition coefficient (Wildman–Crippen LogP) is 4.26. The molecule has 0 saturated carbocycles. The number of nitrogens with zero attached hydrogens (tertiary/aromatic N) is 3. The standard InChI is InChI=1S/C23H29N5O2/c1-4-6-17-11-13-24-15-20(17)30-23-16(3)22(28-21(27-23)12-14-25-28)26-18-7-9-19(10-8-18)29-5-2/h6-10,12,14,20,24,26H,4-5,11,13,15H2,1-3H3. The third-order valence-corrected chi connectivity index (χ3v) is 5.21. The van der Waals surface area contributed by atoms with Gasteiger partial charge in [-0.1, -0.05) is 13.0 Å². The van der Waals surface area contributed by atoms with Crippen molar-refractivity contribution in [2.24, 2.45) is 0 Å². The summed E-state index contributed by atoms with van der Waals surface area (Å²) in [6, 6.07) is 9.78. The summed E-state index contributed by atoms with van der Waals surface area (Å²) >= 11 is 0. The van der Waals surface area contributed by atoms with Crippen molar-refractivity contribution in [1.29, 1.82) is 0 Å². The molecule has 0 spiro atoms. The molecule has 1 aliphatic heterocycles. The zero-order chi connectivity index (χ0) is 20.9. The van der Waals surface area contributed by atoms with Crippen LogP contribution >= 0.6 is 0 Å². The van der Waals surface area contributed by atoms with Crippen molar-refractivity contribution < 1.29 is 9.47 Å². The maximum atomic E-state index is 6.42. The van der Waals surface area contributed by atoms with E-state index in [1.54, 1.807) is 10.7 Å². The number of piperidine rings is 1. The summed E-state index contributed by atoms with van der Waals surface area (Å²) in [6.45, 7) is 8.58. The monoisotopic (exact) mass is 407 g/mol. The van der Waals surface area contributed by atoms with E-state index in [0.717, 1.165) is 54.4 Å². The molecular weight excluding hydrogens is 378 g/mol. The molecule has 4 rings (SSSR count). The van der Waals surface area contributed by atoms with Gasteiger partial charge >= 0.3 is 0 Å². The first kappa shape index (κ1) is 20.2. The van der Waals surface area contributed by atoms with Crippen molar-refractivity contribution in [2.45, 2.75) is 39.7 Å². The quantitative estimate of drug-likeness (QED) is 0.570. The van der Waals surface area contributed by atoms with Crippen LogP contribution in [0, 0.1) is 6.92 Å². The molecule has 3 aromatic rings. The Kier molecular flexibility index (Phi) is 6.18. The number of hydrogen-bond donors (Lipinski definition) is 2. The van der Waals surface area contributed by atoms with E-state index in [1.165, 1.54) is 5.57 Å². The van der Waals surface area contributed by atoms with E-state index in [-0.39, 0.29) is 6.10 Å². The summed E-state index contributed by atoms with van der Waals surface area (Å²) in [7, 11) is 0. The summed E-state index contributed by atoms with van der Waals surface area (Å²) in [6.07, 6.45) is 6.03. The number of ether oxygens (including phenoxy) is 2. The Bertz CT molecular complexity index is 1030. The van der Waals surface area contributed by atoms with Crippen LogP contribution in [0.25, 0.3) is 5.65 Å². The van der Waals surface area contributed by atoms with Gasteiger partial charge in [-0.05, 0) is 63.1 Å². The number of allylic oxidation sites excluding steroid dienone is 1. The zero-order valence-corrected chi connectivity index (χ0v) is 17.8. The second-order valence-corrected chi connectivity index (χ2v) is 7.32. The highest BCUT2D eigenvalue weighted by Crippen LogP contribution is 2.30. The molecule has 0 bridgehead atoms. The second kappa shape index (κ2) is 9.17. The van der Waals surface area contributed by atoms with Gasteiger partial charge in [0.1, 0.15) is 17.7 Å². The summed E-state index contributed by atoms with van der Waals surface area (Å²) in [5.41, 5.74) is 3.95. The van der Waals surface area contributed by atoms with Gasteiger partial charge in [-0.15, -0.1) is 0 Å². The molecule has 1 atom stereocenters. The van der Waals surface area contributed by atoms with Gasteiger partial charge in [-0.3, -0.25) is 0 Å². The van der Waals surface area contributed by atoms with Gasteiger partial charge in [0, 0.05) is 18.3 Å². The Morgan fingerprint density at radius 3 is 2.83 bits per heavy atom. The molecule has 1 aromatic carbocycles. The first-order valence-corrected chi connectivity index (χ1v) is 10.6. The van der Waals surface area contributed by atoms with Gasteiger partial charge in [0.2, 0.25) is 5.88 Å². The fourth-order valence-corrected chi connectivity index (χ4v) is 3.71. The van der Waals surface area contributed by atoms with E-state index < -0.39 is 0 Å². The van der Waals surface area contributed by atoms with Crippen LogP contribution in [0.1, 0.15) is 32.3 Å². The van der Waals surface area contributed by atoms with Crippen molar-refractivity contribution in [2.75, 3.05) is 25.0 Å². The Morgan fingerprint density at radius 2 is 2.07 bits per heavy atom. The average molecular weight is 408 g/mol. The molecule has 0 aliphatic carbocycles. The fraction of sp³-hybridized carbons (Fsp3) is 0.391. The lowest BCUT2D eigenvalue weighted by molar-refractivity contribution is 0.205. The molecule has 7 nitrogen and oxygen atoms in total. The minimum absolute atomic E-state index is 0.00593. The molecule has 158 valence electrons. The summed E-state index contributed by atoms with van der Waals surface area (Å²) in [5, 5.41) is 11.3. The molecule has 7 heteroatoms. The number of hydrogen-bond acceptors (Lipinski definition) is 6. The van der Waals surface area contributed by atoms with Gasteiger partial charge in [0.05, 0.1) is 18.4 Å². The number of aromatic nitrogens is 3. The van der Waals surface area contributed by atoms with Crippen LogP contribution < -0.4 is 20.1 Å². The normalized spacial score (nSPS) is 18.0. The van der Waals surface area contributed by atoms with E-state index in [4.69, 9.17) is 14.5 Å². The first-order valence-electron chi connectivity index (χ1n) is 10.6. The summed E-state index contributed by atoms with van der Waals surface area (Å²) in [4.78, 5) is 4.73. The molecule has 30 heavy (non-hydrogen) atoms. The molecule has 2 aromatic heterocycles. The maximum Gasteiger partial charge on any atom is 0.222 e. The highest BCUT2D eigenvalue weighted by Gasteiger charge is 2.23. The SMILES string of the molecule is CCC=C1CCNCC1Oc1nc2ccnn2c(Nc2ccc(OCC)cc2)c1C. The predicted molar refractivity (Wildman–Crippen MR) is 119 cm³/mol. The van der Waals surface area contributed by atoms with Crippen LogP contribution in [-0.4, -0.2) is 40.4 Å². The van der Waals surface area contributed by atoms with Crippen LogP contribution in [0.2, 0.25) is 0 Å². The van der Waals surface area contributed by atoms with Gasteiger partial charge in [-0.25, -0.2) is 0 Å². The van der Waals surface area contributed by atoms with E-state index >= 15 is 0 Å². The molecule has 1 unspecified atom stereocenters. The topological polar surface area (TPSA) is 72.7 Å². The minimum atomic E-state index is -0.00593. The van der Waals surface area contributed by atoms with E-state index in [1.807, 2.05) is 44.2 Å². The lowest BCUT2D eigenvalue weighted by atomic mass is 10.0. The van der Waals surface area contributed by atoms with E-state index in [2.05, 4.69) is 28.7 Å². The molecule has 1 saturated heterocycles. The Balaban J connectivity index is 1.65. The fourth-order valence-electron chi connectivity index (χ4n) is 3.71. The number of benzene rings is 1. The Morgan fingerprint density at radius 1 is 1.23 bits per heavy atom. The molecular formula is C23H29N5O2. The molecule has 2 N–H and O–H groups in total. The largest absolute Gasteiger partial charge is 0.494 e. The lowest BCUT2D eigenvalue weighted by Crippen LogP contribution is -2.39. The third-order valence-electron chi connectivity index (χ3n) is 5.21. The van der Waals surface area contributed by atoms with Crippen molar-refractivity contribution in [3.63, 3.8) is 0 Å². The molecule has 3 heterocycles. The van der Waals surface area contributed by atoms with Crippen LogP contribution in [-0.2, 0) is 0 Å². The first-order chi connectivity index (χ1) is 14.7. The number of anilines is 2. The number of rotatable bonds is 7.